The van der Waals surface area contributed by atoms with Gasteiger partial charge in [-0.05, 0) is 17.9 Å². The lowest BCUT2D eigenvalue weighted by Gasteiger charge is -2.26. The maximum absolute atomic E-state index is 9.37. The molecule has 0 saturated carbocycles. The molecule has 0 aliphatic rings. The summed E-state index contributed by atoms with van der Waals surface area (Å²) < 4.78 is 0. The summed E-state index contributed by atoms with van der Waals surface area (Å²) in [4.78, 5) is 0. The smallest absolute Gasteiger partial charge is 0.0587 e. The molecule has 0 saturated heterocycles. The minimum absolute atomic E-state index is 0.125. The number of aliphatic hydroxyl groups is 1. The molecule has 2 nitrogen and oxygen atoms in total. The lowest BCUT2D eigenvalue weighted by Crippen LogP contribution is -2.39. The molecule has 0 aliphatic heterocycles. The maximum Gasteiger partial charge on any atom is 0.0587 e. The van der Waals surface area contributed by atoms with Crippen LogP contribution in [0.1, 0.15) is 31.9 Å². The number of hydrogen-bond donors (Lipinski definition) is 2. The summed E-state index contributed by atoms with van der Waals surface area (Å²) in [7, 11) is 0. The molecule has 0 amide bonds. The van der Waals surface area contributed by atoms with E-state index in [1.54, 1.807) is 0 Å². The van der Waals surface area contributed by atoms with Crippen LogP contribution in [0.15, 0.2) is 43.0 Å². The first-order valence-electron chi connectivity index (χ1n) is 6.21. The highest BCUT2D eigenvalue weighted by Crippen LogP contribution is 2.19. The van der Waals surface area contributed by atoms with Crippen molar-refractivity contribution in [3.8, 4) is 0 Å². The van der Waals surface area contributed by atoms with Gasteiger partial charge in [-0.15, -0.1) is 6.58 Å². The summed E-state index contributed by atoms with van der Waals surface area (Å²) in [6.07, 6.45) is 2.78. The van der Waals surface area contributed by atoms with Gasteiger partial charge in [-0.2, -0.15) is 0 Å². The van der Waals surface area contributed by atoms with Gasteiger partial charge >= 0.3 is 0 Å². The molecule has 1 rings (SSSR count). The largest absolute Gasteiger partial charge is 0.395 e. The Morgan fingerprint density at radius 1 is 1.29 bits per heavy atom. The fourth-order valence-corrected chi connectivity index (χ4v) is 1.87. The van der Waals surface area contributed by atoms with E-state index < -0.39 is 0 Å². The minimum atomic E-state index is 0.125. The van der Waals surface area contributed by atoms with Crippen LogP contribution >= 0.6 is 0 Å². The van der Waals surface area contributed by atoms with Gasteiger partial charge in [0.05, 0.1) is 6.61 Å². The molecule has 1 aromatic rings. The number of nitrogens with one attached hydrogen (secondary N) is 1. The van der Waals surface area contributed by atoms with Crippen molar-refractivity contribution in [2.75, 3.05) is 6.61 Å². The van der Waals surface area contributed by atoms with E-state index >= 15 is 0 Å². The van der Waals surface area contributed by atoms with Crippen molar-refractivity contribution in [3.05, 3.63) is 48.6 Å². The molecule has 0 heterocycles. The quantitative estimate of drug-likeness (QED) is 0.710. The van der Waals surface area contributed by atoms with Gasteiger partial charge in [-0.1, -0.05) is 50.3 Å². The molecule has 2 N–H and O–H groups in total. The van der Waals surface area contributed by atoms with Gasteiger partial charge in [0, 0.05) is 12.1 Å². The van der Waals surface area contributed by atoms with Crippen LogP contribution in [-0.4, -0.2) is 17.8 Å². The third-order valence-corrected chi connectivity index (χ3v) is 3.02. The molecule has 0 bridgehead atoms. The average molecular weight is 233 g/mol. The predicted molar refractivity (Wildman–Crippen MR) is 72.8 cm³/mol. The van der Waals surface area contributed by atoms with Gasteiger partial charge in [0.2, 0.25) is 0 Å². The van der Waals surface area contributed by atoms with Crippen LogP contribution in [0, 0.1) is 5.92 Å². The summed E-state index contributed by atoms with van der Waals surface area (Å²) in [6.45, 7) is 8.20. The lowest BCUT2D eigenvalue weighted by atomic mass is 9.99. The van der Waals surface area contributed by atoms with Crippen molar-refractivity contribution in [1.29, 1.82) is 0 Å². The van der Waals surface area contributed by atoms with E-state index in [0.717, 1.165) is 6.42 Å². The third-order valence-electron chi connectivity index (χ3n) is 3.02. The normalized spacial score (nSPS) is 14.6. The van der Waals surface area contributed by atoms with E-state index in [2.05, 4.69) is 37.9 Å². The van der Waals surface area contributed by atoms with Crippen LogP contribution in [0.25, 0.3) is 0 Å². The summed E-state index contributed by atoms with van der Waals surface area (Å²) in [6, 6.07) is 10.7. The molecule has 0 fully saturated rings. The molecule has 1 aromatic carbocycles. The van der Waals surface area contributed by atoms with Gasteiger partial charge in [-0.25, -0.2) is 0 Å². The summed E-state index contributed by atoms with van der Waals surface area (Å²) in [5.41, 5.74) is 1.24. The summed E-state index contributed by atoms with van der Waals surface area (Å²) in [5.74, 6) is 0.413. The first kappa shape index (κ1) is 13.9. The van der Waals surface area contributed by atoms with Crippen LogP contribution in [0.3, 0.4) is 0 Å². The van der Waals surface area contributed by atoms with Crippen molar-refractivity contribution in [2.45, 2.75) is 32.4 Å². The van der Waals surface area contributed by atoms with E-state index in [-0.39, 0.29) is 18.7 Å². The Morgan fingerprint density at radius 3 is 2.41 bits per heavy atom. The van der Waals surface area contributed by atoms with E-state index in [0.29, 0.717) is 5.92 Å². The van der Waals surface area contributed by atoms with E-state index in [1.165, 1.54) is 5.56 Å². The second kappa shape index (κ2) is 7.25. The Labute approximate surface area is 104 Å². The second-order valence-corrected chi connectivity index (χ2v) is 4.69. The molecule has 0 radical (unpaired) electrons. The van der Waals surface area contributed by atoms with Crippen molar-refractivity contribution in [3.63, 3.8) is 0 Å². The molecular formula is C15H23NO. The Bertz CT molecular complexity index is 321. The van der Waals surface area contributed by atoms with E-state index in [4.69, 9.17) is 0 Å². The molecule has 0 unspecified atom stereocenters. The van der Waals surface area contributed by atoms with Crippen molar-refractivity contribution in [2.24, 2.45) is 5.92 Å². The standard InChI is InChI=1S/C15H23NO/c1-4-8-14(13-9-6-5-7-10-13)16-15(11-17)12(2)3/h4-7,9-10,12,14-17H,1,8,11H2,2-3H3/t14-,15-/m1/s1. The molecule has 17 heavy (non-hydrogen) atoms. The van der Waals surface area contributed by atoms with Crippen LogP contribution in [-0.2, 0) is 0 Å². The molecule has 0 aromatic heterocycles. The Morgan fingerprint density at radius 2 is 1.94 bits per heavy atom. The maximum atomic E-state index is 9.37. The van der Waals surface area contributed by atoms with Gasteiger partial charge in [0.1, 0.15) is 0 Å². The molecule has 0 spiro atoms. The third kappa shape index (κ3) is 4.33. The van der Waals surface area contributed by atoms with E-state index in [1.807, 2.05) is 24.3 Å². The highest BCUT2D eigenvalue weighted by atomic mass is 16.3. The summed E-state index contributed by atoms with van der Waals surface area (Å²) >= 11 is 0. The SMILES string of the molecule is C=CC[C@@H](N[C@H](CO)C(C)C)c1ccccc1. The van der Waals surface area contributed by atoms with Crippen molar-refractivity contribution >= 4 is 0 Å². The second-order valence-electron chi connectivity index (χ2n) is 4.69. The first-order chi connectivity index (χ1) is 8.19. The molecular weight excluding hydrogens is 210 g/mol. The van der Waals surface area contributed by atoms with Gasteiger partial charge in [0.15, 0.2) is 0 Å². The zero-order valence-corrected chi connectivity index (χ0v) is 10.8. The van der Waals surface area contributed by atoms with E-state index in [9.17, 15) is 5.11 Å². The fraction of sp³-hybridized carbons (Fsp3) is 0.467. The predicted octanol–water partition coefficient (Wildman–Crippen LogP) is 2.91. The van der Waals surface area contributed by atoms with Gasteiger partial charge < -0.3 is 10.4 Å². The Balaban J connectivity index is 2.76. The molecule has 94 valence electrons. The molecule has 2 heteroatoms. The van der Waals surface area contributed by atoms with Crippen LogP contribution < -0.4 is 5.32 Å². The number of rotatable bonds is 7. The average Bonchev–Trinajstić information content (AvgIpc) is 2.35. The number of hydrogen-bond acceptors (Lipinski definition) is 2. The van der Waals surface area contributed by atoms with Crippen LogP contribution in [0.2, 0.25) is 0 Å². The zero-order valence-electron chi connectivity index (χ0n) is 10.8. The van der Waals surface area contributed by atoms with Gasteiger partial charge in [-0.3, -0.25) is 0 Å². The Kier molecular flexibility index (Phi) is 5.95. The van der Waals surface area contributed by atoms with Crippen LogP contribution in [0.5, 0.6) is 0 Å². The Hall–Kier alpha value is -1.12. The highest BCUT2D eigenvalue weighted by molar-refractivity contribution is 5.19. The first-order valence-corrected chi connectivity index (χ1v) is 6.21. The topological polar surface area (TPSA) is 32.3 Å². The van der Waals surface area contributed by atoms with Crippen molar-refractivity contribution < 1.29 is 5.11 Å². The zero-order chi connectivity index (χ0) is 12.7. The monoisotopic (exact) mass is 233 g/mol. The fourth-order valence-electron chi connectivity index (χ4n) is 1.87. The molecule has 0 aliphatic carbocycles. The number of benzene rings is 1. The minimum Gasteiger partial charge on any atom is -0.395 e. The number of aliphatic hydroxyl groups excluding tert-OH is 1. The highest BCUT2D eigenvalue weighted by Gasteiger charge is 2.17. The van der Waals surface area contributed by atoms with Crippen molar-refractivity contribution in [1.82, 2.24) is 5.32 Å². The van der Waals surface area contributed by atoms with Crippen LogP contribution in [0.4, 0.5) is 0 Å². The van der Waals surface area contributed by atoms with Gasteiger partial charge in [0.25, 0.3) is 0 Å². The molecule has 2 atom stereocenters. The lowest BCUT2D eigenvalue weighted by molar-refractivity contribution is 0.199. The summed E-state index contributed by atoms with van der Waals surface area (Å²) in [5, 5.41) is 12.9.